The first-order valence-electron chi connectivity index (χ1n) is 5.19. The molecule has 5 heteroatoms. The lowest BCUT2D eigenvalue weighted by molar-refractivity contribution is -0.138. The van der Waals surface area contributed by atoms with Crippen LogP contribution in [0.4, 0.5) is 19.0 Å². The van der Waals surface area contributed by atoms with Crippen molar-refractivity contribution in [2.45, 2.75) is 40.3 Å². The standard InChI is InChI=1S/C9H11F3N2.C2H6/c1-3-6-4-7(13)14-5(2)8(6)9(10,11)12;1-2/h4H,3H2,1-2H3,(H2,13,14);1-2H3. The lowest BCUT2D eigenvalue weighted by atomic mass is 10.0. The molecule has 0 radical (unpaired) electrons. The third kappa shape index (κ3) is 3.40. The number of nitrogens with zero attached hydrogens (tertiary/aromatic N) is 1. The molecule has 2 nitrogen and oxygen atoms in total. The van der Waals surface area contributed by atoms with Crippen LogP contribution in [0.15, 0.2) is 6.07 Å². The minimum absolute atomic E-state index is 0.0608. The van der Waals surface area contributed by atoms with E-state index in [4.69, 9.17) is 5.73 Å². The van der Waals surface area contributed by atoms with Crippen molar-refractivity contribution in [3.63, 3.8) is 0 Å². The molecule has 0 amide bonds. The molecule has 0 aliphatic rings. The van der Waals surface area contributed by atoms with E-state index in [-0.39, 0.29) is 17.1 Å². The Morgan fingerprint density at radius 3 is 2.19 bits per heavy atom. The van der Waals surface area contributed by atoms with E-state index in [0.29, 0.717) is 6.42 Å². The molecule has 1 aromatic rings. The van der Waals surface area contributed by atoms with Crippen LogP contribution in [0.1, 0.15) is 37.6 Å². The second kappa shape index (κ2) is 5.72. The number of anilines is 1. The van der Waals surface area contributed by atoms with Crippen molar-refractivity contribution in [3.8, 4) is 0 Å². The molecular formula is C11H17F3N2. The Morgan fingerprint density at radius 1 is 1.31 bits per heavy atom. The number of alkyl halides is 3. The van der Waals surface area contributed by atoms with E-state index in [1.807, 2.05) is 13.8 Å². The van der Waals surface area contributed by atoms with E-state index in [9.17, 15) is 13.2 Å². The van der Waals surface area contributed by atoms with E-state index >= 15 is 0 Å². The quantitative estimate of drug-likeness (QED) is 0.806. The van der Waals surface area contributed by atoms with Crippen LogP contribution in [0.25, 0.3) is 0 Å². The largest absolute Gasteiger partial charge is 0.418 e. The van der Waals surface area contributed by atoms with Crippen LogP contribution in [0.5, 0.6) is 0 Å². The Kier molecular flexibility index (Phi) is 5.27. The van der Waals surface area contributed by atoms with Crippen LogP contribution < -0.4 is 5.73 Å². The molecule has 0 aliphatic heterocycles. The van der Waals surface area contributed by atoms with E-state index in [1.54, 1.807) is 6.92 Å². The molecule has 1 rings (SSSR count). The first-order chi connectivity index (χ1) is 7.36. The molecule has 1 heterocycles. The smallest absolute Gasteiger partial charge is 0.384 e. The minimum Gasteiger partial charge on any atom is -0.384 e. The fourth-order valence-electron chi connectivity index (χ4n) is 1.43. The zero-order valence-electron chi connectivity index (χ0n) is 9.94. The zero-order chi connectivity index (χ0) is 12.9. The molecule has 1 aromatic heterocycles. The van der Waals surface area contributed by atoms with Gasteiger partial charge in [0, 0.05) is 0 Å². The van der Waals surface area contributed by atoms with Gasteiger partial charge in [0.2, 0.25) is 0 Å². The van der Waals surface area contributed by atoms with Gasteiger partial charge in [-0.1, -0.05) is 20.8 Å². The molecule has 92 valence electrons. The topological polar surface area (TPSA) is 38.9 Å². The average Bonchev–Trinajstić information content (AvgIpc) is 2.17. The maximum atomic E-state index is 12.5. The van der Waals surface area contributed by atoms with Crippen molar-refractivity contribution < 1.29 is 13.2 Å². The summed E-state index contributed by atoms with van der Waals surface area (Å²) in [5.41, 5.74) is 4.85. The summed E-state index contributed by atoms with van der Waals surface area (Å²) in [6, 6.07) is 1.27. The van der Waals surface area contributed by atoms with Crippen LogP contribution in [0.2, 0.25) is 0 Å². The Bertz CT molecular complexity index is 346. The van der Waals surface area contributed by atoms with Crippen molar-refractivity contribution in [1.82, 2.24) is 4.98 Å². The van der Waals surface area contributed by atoms with Crippen LogP contribution in [0, 0.1) is 6.92 Å². The first kappa shape index (κ1) is 14.7. The minimum atomic E-state index is -4.35. The van der Waals surface area contributed by atoms with Gasteiger partial charge in [0.05, 0.1) is 11.3 Å². The van der Waals surface area contributed by atoms with Gasteiger partial charge < -0.3 is 5.73 Å². The molecule has 16 heavy (non-hydrogen) atoms. The molecule has 0 spiro atoms. The predicted octanol–water partition coefficient (Wildman–Crippen LogP) is 3.58. The summed E-state index contributed by atoms with van der Waals surface area (Å²) in [6.07, 6.45) is -4.06. The van der Waals surface area contributed by atoms with Gasteiger partial charge in [0.25, 0.3) is 0 Å². The molecule has 2 N–H and O–H groups in total. The second-order valence-electron chi connectivity index (χ2n) is 3.02. The number of halogens is 3. The van der Waals surface area contributed by atoms with Gasteiger partial charge in [-0.2, -0.15) is 13.2 Å². The third-order valence-electron chi connectivity index (χ3n) is 1.97. The van der Waals surface area contributed by atoms with Crippen molar-refractivity contribution in [3.05, 3.63) is 22.9 Å². The Hall–Kier alpha value is -1.26. The maximum absolute atomic E-state index is 12.5. The summed E-state index contributed by atoms with van der Waals surface area (Å²) in [4.78, 5) is 3.61. The lowest BCUT2D eigenvalue weighted by Gasteiger charge is -2.14. The SMILES string of the molecule is CC.CCc1cc(N)nc(C)c1C(F)(F)F. The summed E-state index contributed by atoms with van der Waals surface area (Å²) in [7, 11) is 0. The van der Waals surface area contributed by atoms with Gasteiger partial charge in [-0.05, 0) is 25.0 Å². The zero-order valence-corrected chi connectivity index (χ0v) is 9.94. The highest BCUT2D eigenvalue weighted by Crippen LogP contribution is 2.34. The molecular weight excluding hydrogens is 217 g/mol. The Morgan fingerprint density at radius 2 is 1.81 bits per heavy atom. The van der Waals surface area contributed by atoms with Gasteiger partial charge in [0.15, 0.2) is 0 Å². The van der Waals surface area contributed by atoms with Gasteiger partial charge >= 0.3 is 6.18 Å². The van der Waals surface area contributed by atoms with E-state index in [2.05, 4.69) is 4.98 Å². The summed E-state index contributed by atoms with van der Waals surface area (Å²) in [5.74, 6) is 0.132. The second-order valence-corrected chi connectivity index (χ2v) is 3.02. The average molecular weight is 234 g/mol. The molecule has 0 unspecified atom stereocenters. The number of rotatable bonds is 1. The molecule has 0 atom stereocenters. The third-order valence-corrected chi connectivity index (χ3v) is 1.97. The van der Waals surface area contributed by atoms with Gasteiger partial charge in [-0.25, -0.2) is 4.98 Å². The fraction of sp³-hybridized carbons (Fsp3) is 0.545. The highest BCUT2D eigenvalue weighted by atomic mass is 19.4. The molecule has 0 saturated carbocycles. The van der Waals surface area contributed by atoms with Crippen molar-refractivity contribution in [2.24, 2.45) is 0 Å². The van der Waals surface area contributed by atoms with Crippen LogP contribution in [-0.4, -0.2) is 4.98 Å². The van der Waals surface area contributed by atoms with Gasteiger partial charge in [-0.3, -0.25) is 0 Å². The maximum Gasteiger partial charge on any atom is 0.418 e. The van der Waals surface area contributed by atoms with Crippen molar-refractivity contribution >= 4 is 5.82 Å². The van der Waals surface area contributed by atoms with E-state index < -0.39 is 11.7 Å². The van der Waals surface area contributed by atoms with E-state index in [0.717, 1.165) is 0 Å². The fourth-order valence-corrected chi connectivity index (χ4v) is 1.43. The van der Waals surface area contributed by atoms with Gasteiger partial charge in [-0.15, -0.1) is 0 Å². The highest BCUT2D eigenvalue weighted by molar-refractivity contribution is 5.42. The molecule has 0 aromatic carbocycles. The number of aryl methyl sites for hydroxylation is 2. The monoisotopic (exact) mass is 234 g/mol. The van der Waals surface area contributed by atoms with Crippen molar-refractivity contribution in [1.29, 1.82) is 0 Å². The molecule has 0 fully saturated rings. The van der Waals surface area contributed by atoms with Crippen LogP contribution in [-0.2, 0) is 12.6 Å². The lowest BCUT2D eigenvalue weighted by Crippen LogP contribution is -2.13. The van der Waals surface area contributed by atoms with Gasteiger partial charge in [0.1, 0.15) is 5.82 Å². The van der Waals surface area contributed by atoms with E-state index in [1.165, 1.54) is 13.0 Å². The molecule has 0 bridgehead atoms. The summed E-state index contributed by atoms with van der Waals surface area (Å²) >= 11 is 0. The first-order valence-corrected chi connectivity index (χ1v) is 5.19. The summed E-state index contributed by atoms with van der Waals surface area (Å²) < 4.78 is 37.6. The number of aromatic nitrogens is 1. The molecule has 0 aliphatic carbocycles. The molecule has 0 saturated heterocycles. The summed E-state index contributed by atoms with van der Waals surface area (Å²) in [6.45, 7) is 6.97. The number of nitrogens with two attached hydrogens (primary N) is 1. The number of pyridine rings is 1. The van der Waals surface area contributed by atoms with Crippen molar-refractivity contribution in [2.75, 3.05) is 5.73 Å². The number of hydrogen-bond acceptors (Lipinski definition) is 2. The normalized spacial score (nSPS) is 10.7. The van der Waals surface area contributed by atoms with Crippen LogP contribution >= 0.6 is 0 Å². The van der Waals surface area contributed by atoms with Crippen LogP contribution in [0.3, 0.4) is 0 Å². The number of nitrogen functional groups attached to an aromatic ring is 1. The predicted molar refractivity (Wildman–Crippen MR) is 59.1 cm³/mol. The Labute approximate surface area is 93.7 Å². The summed E-state index contributed by atoms with van der Waals surface area (Å²) in [5, 5.41) is 0. The number of hydrogen-bond donors (Lipinski definition) is 1. The Balaban J connectivity index is 0.00000106. The highest BCUT2D eigenvalue weighted by Gasteiger charge is 2.35.